The van der Waals surface area contributed by atoms with Gasteiger partial charge >= 0.3 is 0 Å². The van der Waals surface area contributed by atoms with Gasteiger partial charge in [-0.15, -0.1) is 0 Å². The fourth-order valence-electron chi connectivity index (χ4n) is 2.26. The quantitative estimate of drug-likeness (QED) is 0.649. The van der Waals surface area contributed by atoms with Gasteiger partial charge in [-0.25, -0.2) is 4.99 Å². The number of hydrogen-bond acceptors (Lipinski definition) is 5. The molecule has 2 rings (SSSR count). The molecule has 4 N–H and O–H groups in total. The van der Waals surface area contributed by atoms with E-state index in [1.54, 1.807) is 0 Å². The van der Waals surface area contributed by atoms with Crippen LogP contribution >= 0.6 is 0 Å². The summed E-state index contributed by atoms with van der Waals surface area (Å²) in [5.74, 6) is 0.794. The average molecular weight is 222 g/mol. The zero-order valence-electron chi connectivity index (χ0n) is 9.73. The van der Waals surface area contributed by atoms with Crippen molar-refractivity contribution < 1.29 is 4.79 Å². The summed E-state index contributed by atoms with van der Waals surface area (Å²) >= 11 is 0. The molecule has 2 aliphatic heterocycles. The molecule has 88 valence electrons. The molecular formula is C11H18N4O. The van der Waals surface area contributed by atoms with Gasteiger partial charge in [0.2, 0.25) is 0 Å². The average Bonchev–Trinajstić information content (AvgIpc) is 2.96. The molecule has 5 nitrogen and oxygen atoms in total. The van der Waals surface area contributed by atoms with E-state index in [2.05, 4.69) is 4.99 Å². The predicted molar refractivity (Wildman–Crippen MR) is 62.7 cm³/mol. The van der Waals surface area contributed by atoms with E-state index in [9.17, 15) is 4.79 Å². The molecule has 1 saturated heterocycles. The Morgan fingerprint density at radius 3 is 2.94 bits per heavy atom. The number of Topliss-reactive ketones (excluding diaryl/α,β-unsaturated/α-hetero) is 1. The first-order chi connectivity index (χ1) is 7.56. The Balaban J connectivity index is 2.32. The van der Waals surface area contributed by atoms with Gasteiger partial charge in [0.25, 0.3) is 0 Å². The molecule has 0 saturated carbocycles. The van der Waals surface area contributed by atoms with Crippen LogP contribution in [0.15, 0.2) is 16.3 Å². The number of nitrogens with zero attached hydrogens (tertiary/aromatic N) is 2. The van der Waals surface area contributed by atoms with Gasteiger partial charge in [-0.1, -0.05) is 6.92 Å². The van der Waals surface area contributed by atoms with Gasteiger partial charge in [-0.2, -0.15) is 0 Å². The number of carbonyl (C=O) groups is 1. The van der Waals surface area contributed by atoms with Crippen LogP contribution in [0.25, 0.3) is 0 Å². The molecule has 0 aliphatic carbocycles. The van der Waals surface area contributed by atoms with Crippen molar-refractivity contribution in [2.24, 2.45) is 22.4 Å². The van der Waals surface area contributed by atoms with Crippen LogP contribution in [0.5, 0.6) is 0 Å². The minimum absolute atomic E-state index is 0.0728. The topological polar surface area (TPSA) is 84.5 Å². The van der Waals surface area contributed by atoms with Crippen LogP contribution in [0, 0.1) is 5.92 Å². The van der Waals surface area contributed by atoms with Crippen LogP contribution in [0.1, 0.15) is 20.3 Å². The van der Waals surface area contributed by atoms with Crippen molar-refractivity contribution in [3.63, 3.8) is 0 Å². The summed E-state index contributed by atoms with van der Waals surface area (Å²) in [6.07, 6.45) is 0.806. The second kappa shape index (κ2) is 3.90. The first-order valence-electron chi connectivity index (χ1n) is 5.62. The van der Waals surface area contributed by atoms with Gasteiger partial charge in [-0.3, -0.25) is 4.79 Å². The first-order valence-corrected chi connectivity index (χ1v) is 5.62. The van der Waals surface area contributed by atoms with Gasteiger partial charge in [0.1, 0.15) is 6.04 Å². The van der Waals surface area contributed by atoms with Crippen LogP contribution in [-0.4, -0.2) is 35.8 Å². The molecule has 0 radical (unpaired) electrons. The molecular weight excluding hydrogens is 204 g/mol. The van der Waals surface area contributed by atoms with Gasteiger partial charge in [0.05, 0.1) is 0 Å². The lowest BCUT2D eigenvalue weighted by Gasteiger charge is -2.14. The molecule has 0 bridgehead atoms. The van der Waals surface area contributed by atoms with Gasteiger partial charge in [0.15, 0.2) is 11.7 Å². The molecule has 2 aliphatic rings. The highest BCUT2D eigenvalue weighted by molar-refractivity contribution is 6.07. The van der Waals surface area contributed by atoms with Crippen molar-refractivity contribution in [1.82, 2.24) is 4.90 Å². The number of allylic oxidation sites excluding steroid dienone is 1. The number of aliphatic imine (C=N–C) groups is 1. The Labute approximate surface area is 95.2 Å². The summed E-state index contributed by atoms with van der Waals surface area (Å²) < 4.78 is 0. The number of fused-ring (bicyclic) bond motifs is 1. The monoisotopic (exact) mass is 222 g/mol. The maximum atomic E-state index is 12.2. The molecule has 5 heteroatoms. The summed E-state index contributed by atoms with van der Waals surface area (Å²) in [4.78, 5) is 18.3. The van der Waals surface area contributed by atoms with Gasteiger partial charge < -0.3 is 16.4 Å². The number of nitrogens with two attached hydrogens (primary N) is 2. The van der Waals surface area contributed by atoms with E-state index in [0.29, 0.717) is 19.0 Å². The molecule has 16 heavy (non-hydrogen) atoms. The molecule has 1 fully saturated rings. The lowest BCUT2D eigenvalue weighted by molar-refractivity contribution is -0.116. The van der Waals surface area contributed by atoms with Gasteiger partial charge in [0, 0.05) is 17.8 Å². The van der Waals surface area contributed by atoms with Crippen molar-refractivity contribution in [2.45, 2.75) is 26.3 Å². The fourth-order valence-corrected chi connectivity index (χ4v) is 2.26. The van der Waals surface area contributed by atoms with Crippen molar-refractivity contribution in [3.05, 3.63) is 11.3 Å². The Morgan fingerprint density at radius 2 is 2.31 bits per heavy atom. The van der Waals surface area contributed by atoms with E-state index in [0.717, 1.165) is 17.7 Å². The highest BCUT2D eigenvalue weighted by Crippen LogP contribution is 2.31. The number of hydrogen-bond donors (Lipinski definition) is 2. The van der Waals surface area contributed by atoms with Crippen LogP contribution < -0.4 is 11.5 Å². The minimum Gasteiger partial charge on any atom is -0.369 e. The van der Waals surface area contributed by atoms with E-state index in [1.807, 2.05) is 18.7 Å². The summed E-state index contributed by atoms with van der Waals surface area (Å²) in [7, 11) is 0. The smallest absolute Gasteiger partial charge is 0.196 e. The predicted octanol–water partition coefficient (Wildman–Crippen LogP) is -0.173. The highest BCUT2D eigenvalue weighted by atomic mass is 16.1. The summed E-state index contributed by atoms with van der Waals surface area (Å²) in [5.41, 5.74) is 12.9. The lowest BCUT2D eigenvalue weighted by Crippen LogP contribution is -2.25. The van der Waals surface area contributed by atoms with Crippen LogP contribution in [0.4, 0.5) is 0 Å². The molecule has 0 amide bonds. The van der Waals surface area contributed by atoms with Gasteiger partial charge in [-0.05, 0) is 25.8 Å². The van der Waals surface area contributed by atoms with Crippen LogP contribution in [0.3, 0.4) is 0 Å². The normalized spacial score (nSPS) is 26.2. The molecule has 0 aromatic carbocycles. The zero-order valence-corrected chi connectivity index (χ0v) is 9.73. The largest absolute Gasteiger partial charge is 0.369 e. The maximum Gasteiger partial charge on any atom is 0.196 e. The Kier molecular flexibility index (Phi) is 2.71. The zero-order chi connectivity index (χ0) is 11.9. The van der Waals surface area contributed by atoms with Crippen molar-refractivity contribution in [2.75, 3.05) is 13.1 Å². The first kappa shape index (κ1) is 11.1. The second-order valence-corrected chi connectivity index (χ2v) is 4.48. The van der Waals surface area contributed by atoms with Crippen LogP contribution in [0.2, 0.25) is 0 Å². The van der Waals surface area contributed by atoms with E-state index < -0.39 is 0 Å². The molecule has 0 spiro atoms. The molecule has 2 heterocycles. The fraction of sp³-hybridized carbons (Fsp3) is 0.636. The summed E-state index contributed by atoms with van der Waals surface area (Å²) in [6.45, 7) is 5.16. The van der Waals surface area contributed by atoms with E-state index in [1.165, 1.54) is 0 Å². The highest BCUT2D eigenvalue weighted by Gasteiger charge is 2.45. The molecule has 0 aromatic heterocycles. The SMILES string of the molecule is CC1=C(C(C)CCN)C(=O)C2CN2C(N)=N1. The summed E-state index contributed by atoms with van der Waals surface area (Å²) in [5, 5.41) is 0. The molecule has 0 aromatic rings. The van der Waals surface area contributed by atoms with Crippen molar-refractivity contribution >= 4 is 11.7 Å². The third kappa shape index (κ3) is 1.71. The standard InChI is InChI=1S/C11H18N4O/c1-6(3-4-12)9-7(2)14-11(13)15-5-8(15)10(9)16/h6,8H,3-5,12H2,1-2H3,(H2,13,14). The number of rotatable bonds is 3. The minimum atomic E-state index is -0.0728. The summed E-state index contributed by atoms with van der Waals surface area (Å²) in [6, 6.07) is -0.0728. The van der Waals surface area contributed by atoms with E-state index in [4.69, 9.17) is 11.5 Å². The van der Waals surface area contributed by atoms with Crippen molar-refractivity contribution in [1.29, 1.82) is 0 Å². The lowest BCUT2D eigenvalue weighted by atomic mass is 9.91. The van der Waals surface area contributed by atoms with Crippen molar-refractivity contribution in [3.8, 4) is 0 Å². The molecule has 2 unspecified atom stereocenters. The Morgan fingerprint density at radius 1 is 1.62 bits per heavy atom. The maximum absolute atomic E-state index is 12.2. The number of ketones is 1. The van der Waals surface area contributed by atoms with E-state index >= 15 is 0 Å². The Bertz CT molecular complexity index is 385. The van der Waals surface area contributed by atoms with E-state index in [-0.39, 0.29) is 17.7 Å². The number of carbonyl (C=O) groups excluding carboxylic acids is 1. The molecule has 2 atom stereocenters. The Hall–Kier alpha value is -1.36. The third-order valence-corrected chi connectivity index (χ3v) is 3.24. The number of guanidine groups is 1. The van der Waals surface area contributed by atoms with Crippen LogP contribution in [-0.2, 0) is 4.79 Å². The third-order valence-electron chi connectivity index (χ3n) is 3.24. The second-order valence-electron chi connectivity index (χ2n) is 4.48.